The third kappa shape index (κ3) is 4.40. The van der Waals surface area contributed by atoms with Crippen molar-refractivity contribution in [3.8, 4) is 0 Å². The van der Waals surface area contributed by atoms with Gasteiger partial charge >= 0.3 is 0 Å². The highest BCUT2D eigenvalue weighted by atomic mass is 16.5. The quantitative estimate of drug-likeness (QED) is 0.608. The van der Waals surface area contributed by atoms with Gasteiger partial charge in [0.05, 0.1) is 19.3 Å². The summed E-state index contributed by atoms with van der Waals surface area (Å²) >= 11 is 0. The van der Waals surface area contributed by atoms with Gasteiger partial charge in [-0.2, -0.15) is 0 Å². The van der Waals surface area contributed by atoms with Gasteiger partial charge in [-0.05, 0) is 13.0 Å². The van der Waals surface area contributed by atoms with E-state index in [1.807, 2.05) is 0 Å². The lowest BCUT2D eigenvalue weighted by molar-refractivity contribution is -0.0681. The Balaban J connectivity index is 2.05. The van der Waals surface area contributed by atoms with Crippen LogP contribution in [0.5, 0.6) is 0 Å². The van der Waals surface area contributed by atoms with E-state index in [0.717, 1.165) is 45.9 Å². The van der Waals surface area contributed by atoms with Gasteiger partial charge in [-0.1, -0.05) is 20.3 Å². The highest BCUT2D eigenvalue weighted by Gasteiger charge is 2.18. The molecule has 0 aromatic heterocycles. The van der Waals surface area contributed by atoms with E-state index in [9.17, 15) is 0 Å². The van der Waals surface area contributed by atoms with Crippen molar-refractivity contribution in [1.82, 2.24) is 4.90 Å². The van der Waals surface area contributed by atoms with E-state index in [1.165, 1.54) is 6.42 Å². The first-order chi connectivity index (χ1) is 6.86. The molecule has 0 radical (unpaired) electrons. The van der Waals surface area contributed by atoms with Crippen molar-refractivity contribution < 1.29 is 9.47 Å². The van der Waals surface area contributed by atoms with E-state index in [1.54, 1.807) is 0 Å². The fourth-order valence-electron chi connectivity index (χ4n) is 1.63. The second kappa shape index (κ2) is 7.21. The van der Waals surface area contributed by atoms with Crippen LogP contribution in [0.4, 0.5) is 0 Å². The Morgan fingerprint density at radius 2 is 2.29 bits per heavy atom. The van der Waals surface area contributed by atoms with Gasteiger partial charge in [0.25, 0.3) is 0 Å². The molecule has 1 fully saturated rings. The minimum atomic E-state index is 0.292. The van der Waals surface area contributed by atoms with Crippen molar-refractivity contribution in [3.63, 3.8) is 0 Å². The number of ether oxygens (including phenoxy) is 2. The maximum absolute atomic E-state index is 5.62. The molecule has 0 saturated carbocycles. The predicted molar refractivity (Wildman–Crippen MR) is 57.6 cm³/mol. The highest BCUT2D eigenvalue weighted by Crippen LogP contribution is 2.05. The molecule has 1 heterocycles. The number of nitrogens with zero attached hydrogens (tertiary/aromatic N) is 1. The third-order valence-electron chi connectivity index (χ3n) is 2.62. The molecule has 0 N–H and O–H groups in total. The summed E-state index contributed by atoms with van der Waals surface area (Å²) in [5, 5.41) is 0. The summed E-state index contributed by atoms with van der Waals surface area (Å²) < 4.78 is 11.2. The van der Waals surface area contributed by atoms with E-state index in [0.29, 0.717) is 6.10 Å². The van der Waals surface area contributed by atoms with Gasteiger partial charge in [0, 0.05) is 19.7 Å². The Hall–Kier alpha value is -0.120. The average molecular weight is 201 g/mol. The Morgan fingerprint density at radius 3 is 3.00 bits per heavy atom. The summed E-state index contributed by atoms with van der Waals surface area (Å²) in [6.45, 7) is 10.1. The molecule has 1 aliphatic heterocycles. The molecule has 1 atom stereocenters. The normalized spacial score (nSPS) is 24.0. The summed E-state index contributed by atoms with van der Waals surface area (Å²) in [6, 6.07) is 0. The van der Waals surface area contributed by atoms with Crippen LogP contribution in [0.15, 0.2) is 0 Å². The number of unbranched alkanes of at least 4 members (excludes halogenated alkanes) is 1. The second-order valence-corrected chi connectivity index (χ2v) is 3.81. The Bertz CT molecular complexity index is 141. The predicted octanol–water partition coefficient (Wildman–Crippen LogP) is 1.52. The van der Waals surface area contributed by atoms with Crippen molar-refractivity contribution >= 4 is 0 Å². The summed E-state index contributed by atoms with van der Waals surface area (Å²) in [5.41, 5.74) is 0. The Kier molecular flexibility index (Phi) is 6.15. The molecule has 0 amide bonds. The molecular formula is C11H23NO2. The lowest BCUT2D eigenvalue weighted by atomic mass is 10.3. The molecule has 3 nitrogen and oxygen atoms in total. The first-order valence-electron chi connectivity index (χ1n) is 5.78. The number of hydrogen-bond donors (Lipinski definition) is 0. The molecule has 1 rings (SSSR count). The molecule has 1 aliphatic rings. The first kappa shape index (κ1) is 12.0. The molecule has 0 aromatic carbocycles. The topological polar surface area (TPSA) is 21.7 Å². The number of morpholine rings is 1. The van der Waals surface area contributed by atoms with Gasteiger partial charge < -0.3 is 9.47 Å². The smallest absolute Gasteiger partial charge is 0.0935 e. The summed E-state index contributed by atoms with van der Waals surface area (Å²) in [7, 11) is 0. The first-order valence-corrected chi connectivity index (χ1v) is 5.78. The SMILES string of the molecule is CCCCOC[C@H]1CN(CC)CCO1. The Labute approximate surface area is 87.4 Å². The van der Waals surface area contributed by atoms with E-state index in [4.69, 9.17) is 9.47 Å². The van der Waals surface area contributed by atoms with Gasteiger partial charge in [0.15, 0.2) is 0 Å². The summed E-state index contributed by atoms with van der Waals surface area (Å²) in [6.07, 6.45) is 2.65. The zero-order chi connectivity index (χ0) is 10.2. The molecule has 3 heteroatoms. The van der Waals surface area contributed by atoms with Crippen molar-refractivity contribution in [1.29, 1.82) is 0 Å². The average Bonchev–Trinajstić information content (AvgIpc) is 2.25. The van der Waals surface area contributed by atoms with Crippen LogP contribution in [0.3, 0.4) is 0 Å². The van der Waals surface area contributed by atoms with Crippen LogP contribution >= 0.6 is 0 Å². The lowest BCUT2D eigenvalue weighted by Crippen LogP contribution is -2.44. The summed E-state index contributed by atoms with van der Waals surface area (Å²) in [4.78, 5) is 2.41. The minimum absolute atomic E-state index is 0.292. The van der Waals surface area contributed by atoms with Crippen LogP contribution in [-0.4, -0.2) is 50.5 Å². The maximum Gasteiger partial charge on any atom is 0.0935 e. The van der Waals surface area contributed by atoms with Gasteiger partial charge in [-0.3, -0.25) is 4.90 Å². The minimum Gasteiger partial charge on any atom is -0.379 e. The fraction of sp³-hybridized carbons (Fsp3) is 1.00. The zero-order valence-corrected chi connectivity index (χ0v) is 9.50. The molecule has 0 bridgehead atoms. The van der Waals surface area contributed by atoms with Crippen LogP contribution < -0.4 is 0 Å². The van der Waals surface area contributed by atoms with E-state index in [-0.39, 0.29) is 0 Å². The third-order valence-corrected chi connectivity index (χ3v) is 2.62. The number of rotatable bonds is 6. The van der Waals surface area contributed by atoms with Gasteiger partial charge in [-0.15, -0.1) is 0 Å². The van der Waals surface area contributed by atoms with Crippen LogP contribution in [-0.2, 0) is 9.47 Å². The second-order valence-electron chi connectivity index (χ2n) is 3.81. The molecule has 14 heavy (non-hydrogen) atoms. The summed E-state index contributed by atoms with van der Waals surface area (Å²) in [5.74, 6) is 0. The molecule has 1 saturated heterocycles. The number of likely N-dealkylation sites (N-methyl/N-ethyl adjacent to an activating group) is 1. The molecule has 0 spiro atoms. The molecule has 84 valence electrons. The van der Waals surface area contributed by atoms with Crippen molar-refractivity contribution in [2.75, 3.05) is 39.5 Å². The van der Waals surface area contributed by atoms with Crippen molar-refractivity contribution in [2.45, 2.75) is 32.8 Å². The molecular weight excluding hydrogens is 178 g/mol. The van der Waals surface area contributed by atoms with Crippen molar-refractivity contribution in [3.05, 3.63) is 0 Å². The fourth-order valence-corrected chi connectivity index (χ4v) is 1.63. The highest BCUT2D eigenvalue weighted by molar-refractivity contribution is 4.69. The Morgan fingerprint density at radius 1 is 1.43 bits per heavy atom. The van der Waals surface area contributed by atoms with Gasteiger partial charge in [-0.25, -0.2) is 0 Å². The standard InChI is InChI=1S/C11H23NO2/c1-3-5-7-13-10-11-9-12(4-2)6-8-14-11/h11H,3-10H2,1-2H3/t11-/m1/s1. The number of hydrogen-bond acceptors (Lipinski definition) is 3. The van der Waals surface area contributed by atoms with Crippen LogP contribution in [0.2, 0.25) is 0 Å². The van der Waals surface area contributed by atoms with E-state index >= 15 is 0 Å². The molecule has 0 aliphatic carbocycles. The van der Waals surface area contributed by atoms with Crippen LogP contribution in [0.1, 0.15) is 26.7 Å². The molecule has 0 unspecified atom stereocenters. The van der Waals surface area contributed by atoms with Gasteiger partial charge in [0.1, 0.15) is 0 Å². The van der Waals surface area contributed by atoms with Crippen LogP contribution in [0.25, 0.3) is 0 Å². The molecule has 0 aromatic rings. The van der Waals surface area contributed by atoms with Crippen LogP contribution in [0, 0.1) is 0 Å². The zero-order valence-electron chi connectivity index (χ0n) is 9.50. The largest absolute Gasteiger partial charge is 0.379 e. The van der Waals surface area contributed by atoms with Crippen molar-refractivity contribution in [2.24, 2.45) is 0 Å². The van der Waals surface area contributed by atoms with E-state index < -0.39 is 0 Å². The lowest BCUT2D eigenvalue weighted by Gasteiger charge is -2.31. The monoisotopic (exact) mass is 201 g/mol. The van der Waals surface area contributed by atoms with E-state index in [2.05, 4.69) is 18.7 Å². The van der Waals surface area contributed by atoms with Gasteiger partial charge in [0.2, 0.25) is 0 Å². The maximum atomic E-state index is 5.62.